The Hall–Kier alpha value is -4.00. The molecular weight excluding hydrogens is 617 g/mol. The van der Waals surface area contributed by atoms with Crippen molar-refractivity contribution in [2.24, 2.45) is 0 Å². The normalized spacial score (nSPS) is 12.9. The number of ether oxygens (including phenoxy) is 3. The minimum atomic E-state index is -0.501. The predicted octanol–water partition coefficient (Wildman–Crippen LogP) is 7.43. The summed E-state index contributed by atoms with van der Waals surface area (Å²) in [7, 11) is 0. The molecule has 9 nitrogen and oxygen atoms in total. The fraction of sp³-hybridized carbons (Fsp3) is 0.412. The van der Waals surface area contributed by atoms with Gasteiger partial charge in [0.2, 0.25) is 5.91 Å². The lowest BCUT2D eigenvalue weighted by molar-refractivity contribution is -0.144. The summed E-state index contributed by atoms with van der Waals surface area (Å²) < 4.78 is 16.5. The third-order valence-corrected chi connectivity index (χ3v) is 6.80. The number of carbonyl (C=O) groups is 3. The number of amides is 2. The summed E-state index contributed by atoms with van der Waals surface area (Å²) in [6, 6.07) is 22.7. The van der Waals surface area contributed by atoms with Crippen LogP contribution in [0, 0.1) is 6.07 Å². The quantitative estimate of drug-likeness (QED) is 0.253. The van der Waals surface area contributed by atoms with Gasteiger partial charge < -0.3 is 24.4 Å². The molecule has 0 radical (unpaired) electrons. The van der Waals surface area contributed by atoms with Crippen molar-refractivity contribution in [3.8, 4) is 11.8 Å². The summed E-state index contributed by atoms with van der Waals surface area (Å²) in [6.07, 6.45) is 1.44. The number of nitrogens with one attached hydrogen (secondary N) is 1. The highest BCUT2D eigenvalue weighted by molar-refractivity contribution is 5.86. The van der Waals surface area contributed by atoms with E-state index in [2.05, 4.69) is 16.2 Å². The van der Waals surface area contributed by atoms with Crippen LogP contribution in [0.4, 0.5) is 10.5 Å². The van der Waals surface area contributed by atoms with Crippen molar-refractivity contribution in [3.63, 3.8) is 0 Å². The maximum atomic E-state index is 12.3. The number of rotatable bonds is 8. The molecule has 1 saturated heterocycles. The number of carbonyl (C=O) groups excluding carboxylic acids is 3. The fourth-order valence-corrected chi connectivity index (χ4v) is 4.62. The van der Waals surface area contributed by atoms with Crippen molar-refractivity contribution in [2.75, 3.05) is 19.7 Å². The molecule has 0 unspecified atom stereocenters. The summed E-state index contributed by atoms with van der Waals surface area (Å²) in [5.74, 6) is 0.204. The van der Waals surface area contributed by atoms with Gasteiger partial charge in [0.1, 0.15) is 23.0 Å². The van der Waals surface area contributed by atoms with Crippen LogP contribution >= 0.6 is 24.8 Å². The molecule has 1 aliphatic rings. The van der Waals surface area contributed by atoms with Crippen LogP contribution in [0.25, 0.3) is 15.6 Å². The molecule has 2 amide bonds. The Bertz CT molecular complexity index is 1500. The van der Waals surface area contributed by atoms with Crippen LogP contribution in [0.3, 0.4) is 0 Å². The second-order valence-corrected chi connectivity index (χ2v) is 11.5. The van der Waals surface area contributed by atoms with Gasteiger partial charge in [-0.3, -0.25) is 9.59 Å². The lowest BCUT2D eigenvalue weighted by Gasteiger charge is -2.33. The number of esters is 1. The van der Waals surface area contributed by atoms with Gasteiger partial charge in [0.25, 0.3) is 0 Å². The zero-order chi connectivity index (χ0) is 30.8. The van der Waals surface area contributed by atoms with E-state index in [1.807, 2.05) is 81.4 Å². The number of benzene rings is 3. The van der Waals surface area contributed by atoms with Crippen molar-refractivity contribution >= 4 is 59.2 Å². The second kappa shape index (κ2) is 17.5. The lowest BCUT2D eigenvalue weighted by Crippen LogP contribution is -2.44. The molecule has 242 valence electrons. The highest BCUT2D eigenvalue weighted by Crippen LogP contribution is 2.24. The maximum absolute atomic E-state index is 12.3. The molecule has 3 aromatic carbocycles. The summed E-state index contributed by atoms with van der Waals surface area (Å²) in [5, 5.41) is 4.94. The van der Waals surface area contributed by atoms with Crippen LogP contribution in [-0.4, -0.2) is 54.3 Å². The van der Waals surface area contributed by atoms with E-state index < -0.39 is 5.60 Å². The Morgan fingerprint density at radius 1 is 0.933 bits per heavy atom. The van der Waals surface area contributed by atoms with Gasteiger partial charge in [0, 0.05) is 51.0 Å². The fourth-order valence-electron chi connectivity index (χ4n) is 4.62. The van der Waals surface area contributed by atoms with Crippen molar-refractivity contribution < 1.29 is 28.6 Å². The largest absolute Gasteiger partial charge is 0.490 e. The Labute approximate surface area is 277 Å². The molecule has 0 bridgehead atoms. The molecule has 4 rings (SSSR count). The summed E-state index contributed by atoms with van der Waals surface area (Å²) >= 11 is 0. The zero-order valence-electron chi connectivity index (χ0n) is 26.2. The van der Waals surface area contributed by atoms with Gasteiger partial charge in [-0.2, -0.15) is 0 Å². The van der Waals surface area contributed by atoms with Crippen molar-refractivity contribution in [2.45, 2.75) is 71.6 Å². The van der Waals surface area contributed by atoms with Crippen molar-refractivity contribution in [3.05, 3.63) is 76.6 Å². The predicted molar refractivity (Wildman–Crippen MR) is 180 cm³/mol. The van der Waals surface area contributed by atoms with E-state index in [1.54, 1.807) is 11.8 Å². The number of fused-ring (bicyclic) bond motifs is 1. The van der Waals surface area contributed by atoms with E-state index in [0.29, 0.717) is 26.2 Å². The minimum absolute atomic E-state index is 0. The van der Waals surface area contributed by atoms with Gasteiger partial charge in [0.05, 0.1) is 13.0 Å². The standard InChI is InChI=1S/C34H39N3O6.2ClH/c1-5-41-32(39)15-14-31(38)36-23-25-7-9-26-8-6-24(20-27(26)21-25)22-35-28-10-12-29(13-11-28)42-30-16-18-37(19-17-30)33(40)43-34(2,3)4;;/h6-13,20-21,30H,5,14-19,23H2,1-4H3;2*1H/p+1. The Morgan fingerprint density at radius 3 is 2.29 bits per heavy atom. The van der Waals surface area contributed by atoms with Gasteiger partial charge in [-0.25, -0.2) is 4.79 Å². The molecule has 1 fully saturated rings. The smallest absolute Gasteiger partial charge is 0.410 e. The third kappa shape index (κ3) is 12.1. The van der Waals surface area contributed by atoms with Gasteiger partial charge in [0.15, 0.2) is 0 Å². The Kier molecular flexibility index (Phi) is 14.4. The van der Waals surface area contributed by atoms with E-state index in [-0.39, 0.29) is 61.7 Å². The lowest BCUT2D eigenvalue weighted by atomic mass is 10.0. The monoisotopic (exact) mass is 658 g/mol. The molecule has 11 heteroatoms. The molecule has 1 N–H and O–H groups in total. The molecule has 1 aliphatic heterocycles. The van der Waals surface area contributed by atoms with Crippen LogP contribution in [-0.2, 0) is 25.6 Å². The first kappa shape index (κ1) is 37.2. The average molecular weight is 660 g/mol. The first-order valence-electron chi connectivity index (χ1n) is 14.7. The molecule has 0 aliphatic carbocycles. The number of piperidine rings is 1. The molecular formula is C34H42Cl2N3O6+. The number of nitrogens with zero attached hydrogens (tertiary/aromatic N) is 2. The van der Waals surface area contributed by atoms with Crippen molar-refractivity contribution in [1.29, 1.82) is 0 Å². The number of hydrogen-bond donors (Lipinski definition) is 1. The van der Waals surface area contributed by atoms with Crippen LogP contribution in [0.15, 0.2) is 60.7 Å². The molecule has 1 heterocycles. The number of likely N-dealkylation sites (tertiary alicyclic amines) is 1. The van der Waals surface area contributed by atoms with E-state index in [4.69, 9.17) is 14.2 Å². The average Bonchev–Trinajstić information content (AvgIpc) is 2.98. The van der Waals surface area contributed by atoms with Gasteiger partial charge in [-0.1, -0.05) is 18.2 Å². The number of halogens is 2. The molecule has 3 aromatic rings. The van der Waals surface area contributed by atoms with Gasteiger partial charge in [-0.15, -0.1) is 24.8 Å². The Balaban J connectivity index is 0.00000353. The first-order chi connectivity index (χ1) is 20.6. The molecule has 45 heavy (non-hydrogen) atoms. The van der Waals surface area contributed by atoms with E-state index in [9.17, 15) is 14.4 Å². The topological polar surface area (TPSA) is 98.5 Å². The summed E-state index contributed by atoms with van der Waals surface area (Å²) in [5.41, 5.74) is 2.04. The summed E-state index contributed by atoms with van der Waals surface area (Å²) in [4.78, 5) is 42.1. The molecule has 0 aromatic heterocycles. The molecule has 0 saturated carbocycles. The molecule has 0 spiro atoms. The van der Waals surface area contributed by atoms with Crippen molar-refractivity contribution in [1.82, 2.24) is 10.2 Å². The third-order valence-electron chi connectivity index (χ3n) is 6.80. The Morgan fingerprint density at radius 2 is 1.62 bits per heavy atom. The van der Waals surface area contributed by atoms with Crippen LogP contribution in [0.1, 0.15) is 64.5 Å². The highest BCUT2D eigenvalue weighted by atomic mass is 35.5. The van der Waals surface area contributed by atoms with Crippen LogP contribution in [0.2, 0.25) is 0 Å². The van der Waals surface area contributed by atoms with Crippen LogP contribution in [0.5, 0.6) is 5.75 Å². The highest BCUT2D eigenvalue weighted by Gasteiger charge is 2.27. The summed E-state index contributed by atoms with van der Waals surface area (Å²) in [6.45, 7) is 9.24. The van der Waals surface area contributed by atoms with Crippen LogP contribution < -0.4 is 10.1 Å². The molecule has 0 atom stereocenters. The van der Waals surface area contributed by atoms with Gasteiger partial charge >= 0.3 is 23.8 Å². The maximum Gasteiger partial charge on any atom is 0.410 e. The van der Waals surface area contributed by atoms with Gasteiger partial charge in [-0.05, 0) is 79.2 Å². The SMILES string of the molecule is CCOC(=O)CCC(=O)NCc1ccc2ccc(C#[N+]c3ccc(OC4CCN(C(=O)OC(C)(C)C)CC4)cc3)cc2c1.Cl.Cl. The zero-order valence-corrected chi connectivity index (χ0v) is 27.8. The van der Waals surface area contributed by atoms with E-state index in [1.165, 1.54) is 0 Å². The van der Waals surface area contributed by atoms with E-state index >= 15 is 0 Å². The first-order valence-corrected chi connectivity index (χ1v) is 14.7. The number of hydrogen-bond acceptors (Lipinski definition) is 6. The minimum Gasteiger partial charge on any atom is -0.490 e. The second-order valence-electron chi connectivity index (χ2n) is 11.5. The van der Waals surface area contributed by atoms with E-state index in [0.717, 1.165) is 46.2 Å².